The Morgan fingerprint density at radius 3 is 2.66 bits per heavy atom. The number of nitrogens with zero attached hydrogens (tertiary/aromatic N) is 2. The molecule has 1 aromatic heterocycles. The van der Waals surface area contributed by atoms with Crippen LogP contribution in [0.1, 0.15) is 25.7 Å². The van der Waals surface area contributed by atoms with Crippen LogP contribution >= 0.6 is 0 Å². The molecule has 11 nitrogen and oxygen atoms in total. The lowest BCUT2D eigenvalue weighted by Gasteiger charge is -2.21. The number of hydrogen-bond acceptors (Lipinski definition) is 8. The Kier molecular flexibility index (Phi) is 7.31. The molecule has 2 aromatic rings. The van der Waals surface area contributed by atoms with Crippen molar-refractivity contribution in [2.75, 3.05) is 18.4 Å². The van der Waals surface area contributed by atoms with Gasteiger partial charge in [0.05, 0.1) is 4.90 Å². The van der Waals surface area contributed by atoms with Gasteiger partial charge in [0, 0.05) is 25.7 Å². The zero-order chi connectivity index (χ0) is 24.9. The van der Waals surface area contributed by atoms with Gasteiger partial charge in [0.1, 0.15) is 23.2 Å². The molecule has 186 valence electrons. The van der Waals surface area contributed by atoms with E-state index < -0.39 is 40.1 Å². The number of nitrogens with one attached hydrogen (secondary N) is 3. The molecule has 35 heavy (non-hydrogen) atoms. The lowest BCUT2D eigenvalue weighted by atomic mass is 9.94. The van der Waals surface area contributed by atoms with E-state index in [-0.39, 0.29) is 10.6 Å². The number of pyridine rings is 1. The highest BCUT2D eigenvalue weighted by atomic mass is 32.2. The summed E-state index contributed by atoms with van der Waals surface area (Å²) in [6, 6.07) is 11.5. The topological polar surface area (TPSA) is 159 Å². The van der Waals surface area contributed by atoms with Crippen molar-refractivity contribution in [2.45, 2.75) is 42.2 Å². The second kappa shape index (κ2) is 10.4. The number of benzene rings is 1. The summed E-state index contributed by atoms with van der Waals surface area (Å²) in [5.41, 5.74) is -0.386. The Bertz CT molecular complexity index is 1190. The van der Waals surface area contributed by atoms with Crippen LogP contribution in [0, 0.1) is 5.92 Å². The van der Waals surface area contributed by atoms with Gasteiger partial charge in [-0.1, -0.05) is 29.4 Å². The molecule has 0 radical (unpaired) electrons. The van der Waals surface area contributed by atoms with Crippen LogP contribution in [0.25, 0.3) is 0 Å². The second-order valence-electron chi connectivity index (χ2n) is 8.73. The summed E-state index contributed by atoms with van der Waals surface area (Å²) in [4.78, 5) is 34.1. The highest BCUT2D eigenvalue weighted by molar-refractivity contribution is 7.89. The summed E-state index contributed by atoms with van der Waals surface area (Å²) in [6.45, 7) is 0.286. The van der Waals surface area contributed by atoms with Gasteiger partial charge in [-0.25, -0.2) is 13.4 Å². The average Bonchev–Trinajstić information content (AvgIpc) is 3.47. The van der Waals surface area contributed by atoms with E-state index in [0.29, 0.717) is 12.3 Å². The summed E-state index contributed by atoms with van der Waals surface area (Å²) in [5, 5.41) is 19.2. The van der Waals surface area contributed by atoms with Gasteiger partial charge in [0.2, 0.25) is 10.0 Å². The maximum absolute atomic E-state index is 12.6. The Morgan fingerprint density at radius 1 is 1.17 bits per heavy atom. The fraction of sp³-hybridized carbons (Fsp3) is 0.391. The van der Waals surface area contributed by atoms with Crippen molar-refractivity contribution in [2.24, 2.45) is 11.1 Å². The molecule has 2 aliphatic rings. The minimum atomic E-state index is -4.07. The van der Waals surface area contributed by atoms with E-state index in [0.717, 1.165) is 31.6 Å². The minimum absolute atomic E-state index is 0.0681. The van der Waals surface area contributed by atoms with Crippen LogP contribution in [0.2, 0.25) is 0 Å². The summed E-state index contributed by atoms with van der Waals surface area (Å²) in [6.07, 6.45) is 4.41. The first-order valence-electron chi connectivity index (χ1n) is 11.2. The fourth-order valence-corrected chi connectivity index (χ4v) is 5.52. The Hall–Kier alpha value is -3.51. The molecule has 3 atom stereocenters. The SMILES string of the molecule is O=C(NCC(NS(=O)(=O)c1ccccc1)C(=O)O)C1=NO[C@]2(CCC(CNc3ccccn3)C2)C1. The van der Waals surface area contributed by atoms with Crippen LogP contribution < -0.4 is 15.4 Å². The van der Waals surface area contributed by atoms with Gasteiger partial charge in [-0.05, 0) is 49.4 Å². The molecule has 2 heterocycles. The second-order valence-corrected chi connectivity index (χ2v) is 10.4. The number of hydrogen-bond donors (Lipinski definition) is 4. The zero-order valence-corrected chi connectivity index (χ0v) is 19.7. The number of carboxylic acid groups (broad SMARTS) is 1. The predicted octanol–water partition coefficient (Wildman–Crippen LogP) is 1.36. The van der Waals surface area contributed by atoms with Crippen molar-refractivity contribution in [3.63, 3.8) is 0 Å². The molecule has 4 rings (SSSR count). The number of amides is 1. The molecule has 1 spiro atoms. The van der Waals surface area contributed by atoms with Gasteiger partial charge in [-0.3, -0.25) is 9.59 Å². The molecule has 1 fully saturated rings. The van der Waals surface area contributed by atoms with E-state index in [1.54, 1.807) is 12.3 Å². The van der Waals surface area contributed by atoms with Crippen LogP contribution in [0.3, 0.4) is 0 Å². The normalized spacial score (nSPS) is 22.3. The predicted molar refractivity (Wildman–Crippen MR) is 127 cm³/mol. The smallest absolute Gasteiger partial charge is 0.323 e. The van der Waals surface area contributed by atoms with Gasteiger partial charge in [-0.2, -0.15) is 4.72 Å². The number of aromatic nitrogens is 1. The highest BCUT2D eigenvalue weighted by Gasteiger charge is 2.47. The number of rotatable bonds is 10. The van der Waals surface area contributed by atoms with Gasteiger partial charge in [0.25, 0.3) is 5.91 Å². The van der Waals surface area contributed by atoms with E-state index in [1.165, 1.54) is 24.3 Å². The van der Waals surface area contributed by atoms with Gasteiger partial charge in [0.15, 0.2) is 0 Å². The molecule has 1 aliphatic heterocycles. The fourth-order valence-electron chi connectivity index (χ4n) is 4.31. The van der Waals surface area contributed by atoms with Crippen molar-refractivity contribution < 1.29 is 28.0 Å². The Balaban J connectivity index is 1.27. The number of carbonyl (C=O) groups is 2. The largest absolute Gasteiger partial charge is 0.480 e. The first-order chi connectivity index (χ1) is 16.8. The van der Waals surface area contributed by atoms with Gasteiger partial charge in [-0.15, -0.1) is 0 Å². The monoisotopic (exact) mass is 501 g/mol. The first-order valence-corrected chi connectivity index (χ1v) is 12.7. The van der Waals surface area contributed by atoms with Crippen LogP contribution in [-0.2, 0) is 24.4 Å². The lowest BCUT2D eigenvalue weighted by molar-refractivity contribution is -0.138. The first kappa shape index (κ1) is 24.6. The van der Waals surface area contributed by atoms with Crippen LogP contribution in [-0.4, -0.2) is 60.8 Å². The number of carboxylic acids is 1. The van der Waals surface area contributed by atoms with Crippen molar-refractivity contribution in [3.8, 4) is 0 Å². The zero-order valence-electron chi connectivity index (χ0n) is 18.9. The van der Waals surface area contributed by atoms with Gasteiger partial charge >= 0.3 is 5.97 Å². The van der Waals surface area contributed by atoms with Crippen molar-refractivity contribution in [1.82, 2.24) is 15.0 Å². The maximum atomic E-state index is 12.6. The van der Waals surface area contributed by atoms with Gasteiger partial charge < -0.3 is 20.6 Å². The number of anilines is 1. The van der Waals surface area contributed by atoms with Crippen LogP contribution in [0.15, 0.2) is 64.8 Å². The molecular formula is C23H27N5O6S. The molecule has 4 N–H and O–H groups in total. The van der Waals surface area contributed by atoms with E-state index in [9.17, 15) is 23.1 Å². The molecule has 2 unspecified atom stereocenters. The number of oxime groups is 1. The molecule has 12 heteroatoms. The third-order valence-electron chi connectivity index (χ3n) is 6.12. The Morgan fingerprint density at radius 2 is 1.94 bits per heavy atom. The quantitative estimate of drug-likeness (QED) is 0.380. The molecule has 1 aliphatic carbocycles. The molecular weight excluding hydrogens is 474 g/mol. The Labute approximate surface area is 203 Å². The number of aliphatic carboxylic acids is 1. The van der Waals surface area contributed by atoms with E-state index in [1.807, 2.05) is 18.2 Å². The number of sulfonamides is 1. The summed E-state index contributed by atoms with van der Waals surface area (Å²) in [5.74, 6) is -0.863. The van der Waals surface area contributed by atoms with Crippen LogP contribution in [0.4, 0.5) is 5.82 Å². The third kappa shape index (κ3) is 6.14. The third-order valence-corrected chi connectivity index (χ3v) is 7.61. The maximum Gasteiger partial charge on any atom is 0.323 e. The van der Waals surface area contributed by atoms with Crippen molar-refractivity contribution >= 4 is 33.4 Å². The van der Waals surface area contributed by atoms with E-state index in [4.69, 9.17) is 4.84 Å². The molecule has 1 saturated carbocycles. The van der Waals surface area contributed by atoms with E-state index >= 15 is 0 Å². The standard InChI is InChI=1S/C23H27N5O6S/c29-21(26-15-19(22(30)31)28-35(32,33)17-6-2-1-3-7-17)18-13-23(34-27-18)10-9-16(12-23)14-25-20-8-4-5-11-24-20/h1-8,11,16,19,28H,9-10,12-15H2,(H,24,25)(H,26,29)(H,30,31)/t16?,19?,23-/m0/s1. The van der Waals surface area contributed by atoms with Crippen molar-refractivity contribution in [1.29, 1.82) is 0 Å². The van der Waals surface area contributed by atoms with Crippen LogP contribution in [0.5, 0.6) is 0 Å². The lowest BCUT2D eigenvalue weighted by Crippen LogP contribution is -2.49. The molecule has 0 bridgehead atoms. The summed E-state index contributed by atoms with van der Waals surface area (Å²) >= 11 is 0. The minimum Gasteiger partial charge on any atom is -0.480 e. The summed E-state index contributed by atoms with van der Waals surface area (Å²) < 4.78 is 27.0. The molecule has 1 aromatic carbocycles. The molecule has 1 amide bonds. The number of carbonyl (C=O) groups excluding carboxylic acids is 1. The average molecular weight is 502 g/mol. The van der Waals surface area contributed by atoms with E-state index in [2.05, 4.69) is 25.5 Å². The highest BCUT2D eigenvalue weighted by Crippen LogP contribution is 2.43. The summed E-state index contributed by atoms with van der Waals surface area (Å²) in [7, 11) is -4.07. The van der Waals surface area contributed by atoms with Crippen molar-refractivity contribution in [3.05, 3.63) is 54.7 Å². The molecule has 0 saturated heterocycles.